The van der Waals surface area contributed by atoms with Crippen LogP contribution in [-0.2, 0) is 10.2 Å². The molecule has 3 heteroatoms. The fourth-order valence-corrected chi connectivity index (χ4v) is 5.32. The summed E-state index contributed by atoms with van der Waals surface area (Å²) in [5, 5.41) is 9.77. The zero-order valence-corrected chi connectivity index (χ0v) is 21.2. The van der Waals surface area contributed by atoms with Crippen LogP contribution in [0.1, 0.15) is 80.2 Å². The van der Waals surface area contributed by atoms with E-state index in [1.165, 1.54) is 24.8 Å². The SMILES string of the molecule is CC(C)(CO)c1ccc(C(CCC(=O)C(c2ccccc2)c2ccccc2)N2CCCCC2)cc1. The van der Waals surface area contributed by atoms with Gasteiger partial charge in [0.2, 0.25) is 0 Å². The van der Waals surface area contributed by atoms with Crippen LogP contribution < -0.4 is 0 Å². The summed E-state index contributed by atoms with van der Waals surface area (Å²) in [7, 11) is 0. The predicted octanol–water partition coefficient (Wildman–Crippen LogP) is 6.66. The minimum atomic E-state index is -0.256. The second kappa shape index (κ2) is 11.8. The van der Waals surface area contributed by atoms with Crippen LogP contribution in [0.2, 0.25) is 0 Å². The molecule has 0 aromatic heterocycles. The number of likely N-dealkylation sites (tertiary alicyclic amines) is 1. The highest BCUT2D eigenvalue weighted by atomic mass is 16.3. The molecule has 0 bridgehead atoms. The highest BCUT2D eigenvalue weighted by Gasteiger charge is 2.27. The minimum Gasteiger partial charge on any atom is -0.395 e. The summed E-state index contributed by atoms with van der Waals surface area (Å²) in [6.07, 6.45) is 5.08. The second-order valence-electron chi connectivity index (χ2n) is 10.5. The number of hydrogen-bond donors (Lipinski definition) is 1. The first-order valence-corrected chi connectivity index (χ1v) is 13.1. The highest BCUT2D eigenvalue weighted by Crippen LogP contribution is 2.33. The van der Waals surface area contributed by atoms with E-state index in [0.29, 0.717) is 6.42 Å². The van der Waals surface area contributed by atoms with Crippen molar-refractivity contribution in [2.24, 2.45) is 0 Å². The van der Waals surface area contributed by atoms with Gasteiger partial charge in [0.25, 0.3) is 0 Å². The number of aliphatic hydroxyl groups is 1. The fraction of sp³-hybridized carbons (Fsp3) is 0.406. The maximum absolute atomic E-state index is 13.7. The Morgan fingerprint density at radius 2 is 1.34 bits per heavy atom. The summed E-state index contributed by atoms with van der Waals surface area (Å²) < 4.78 is 0. The Kier molecular flexibility index (Phi) is 8.54. The van der Waals surface area contributed by atoms with Gasteiger partial charge in [-0.3, -0.25) is 9.69 Å². The van der Waals surface area contributed by atoms with E-state index in [-0.39, 0.29) is 29.8 Å². The minimum absolute atomic E-state index is 0.122. The third-order valence-electron chi connectivity index (χ3n) is 7.56. The molecule has 1 aliphatic rings. The van der Waals surface area contributed by atoms with Crippen molar-refractivity contribution >= 4 is 5.78 Å². The third-order valence-corrected chi connectivity index (χ3v) is 7.56. The first-order chi connectivity index (χ1) is 17.0. The summed E-state index contributed by atoms with van der Waals surface area (Å²) in [5.41, 5.74) is 4.29. The van der Waals surface area contributed by atoms with Crippen molar-refractivity contribution in [2.75, 3.05) is 19.7 Å². The Morgan fingerprint density at radius 3 is 1.86 bits per heavy atom. The molecule has 184 valence electrons. The predicted molar refractivity (Wildman–Crippen MR) is 144 cm³/mol. The van der Waals surface area contributed by atoms with Gasteiger partial charge in [-0.1, -0.05) is 105 Å². The lowest BCUT2D eigenvalue weighted by Crippen LogP contribution is -2.34. The van der Waals surface area contributed by atoms with Crippen LogP contribution in [0.5, 0.6) is 0 Å². The monoisotopic (exact) mass is 469 g/mol. The summed E-state index contributed by atoms with van der Waals surface area (Å²) in [6, 6.07) is 29.3. The molecule has 0 amide bonds. The number of piperidine rings is 1. The Morgan fingerprint density at radius 1 is 0.800 bits per heavy atom. The standard InChI is InChI=1S/C32H39NO2/c1-32(2,24-34)28-18-16-25(17-19-28)29(33-22-10-5-11-23-33)20-21-30(35)31(26-12-6-3-7-13-26)27-14-8-4-9-15-27/h3-4,6-9,12-19,29,31,34H,5,10-11,20-24H2,1-2H3. The van der Waals surface area contributed by atoms with Crippen LogP contribution in [-0.4, -0.2) is 35.5 Å². The molecule has 3 aromatic rings. The maximum atomic E-state index is 13.7. The topological polar surface area (TPSA) is 40.5 Å². The number of hydrogen-bond acceptors (Lipinski definition) is 3. The summed E-state index contributed by atoms with van der Waals surface area (Å²) in [4.78, 5) is 16.3. The molecule has 1 atom stereocenters. The van der Waals surface area contributed by atoms with Crippen molar-refractivity contribution in [2.45, 2.75) is 63.3 Å². The molecule has 4 rings (SSSR count). The molecule has 0 spiro atoms. The fourth-order valence-electron chi connectivity index (χ4n) is 5.32. The third kappa shape index (κ3) is 6.28. The van der Waals surface area contributed by atoms with Gasteiger partial charge in [-0.2, -0.15) is 0 Å². The summed E-state index contributed by atoms with van der Waals surface area (Å²) in [6.45, 7) is 6.43. The van der Waals surface area contributed by atoms with Gasteiger partial charge in [0.1, 0.15) is 5.78 Å². The van der Waals surface area contributed by atoms with E-state index in [1.807, 2.05) is 36.4 Å². The Hall–Kier alpha value is -2.75. The normalized spacial score (nSPS) is 15.8. The molecule has 3 aromatic carbocycles. The molecular formula is C32H39NO2. The molecule has 1 unspecified atom stereocenters. The van der Waals surface area contributed by atoms with E-state index in [0.717, 1.165) is 36.2 Å². The van der Waals surface area contributed by atoms with Crippen molar-refractivity contribution in [3.8, 4) is 0 Å². The Labute approximate surface area is 210 Å². The van der Waals surface area contributed by atoms with E-state index in [4.69, 9.17) is 0 Å². The van der Waals surface area contributed by atoms with E-state index >= 15 is 0 Å². The molecule has 1 heterocycles. The van der Waals surface area contributed by atoms with Gasteiger partial charge < -0.3 is 5.11 Å². The Bertz CT molecular complexity index is 1010. The molecule has 0 saturated carbocycles. The largest absolute Gasteiger partial charge is 0.395 e. The lowest BCUT2D eigenvalue weighted by molar-refractivity contribution is -0.120. The molecule has 0 radical (unpaired) electrons. The van der Waals surface area contributed by atoms with Gasteiger partial charge in [-0.15, -0.1) is 0 Å². The molecule has 3 nitrogen and oxygen atoms in total. The number of Topliss-reactive ketones (excluding diaryl/α,β-unsaturated/α-hetero) is 1. The van der Waals surface area contributed by atoms with Gasteiger partial charge in [0.05, 0.1) is 12.5 Å². The Balaban J connectivity index is 1.56. The number of nitrogens with zero attached hydrogens (tertiary/aromatic N) is 1. The molecule has 0 aliphatic carbocycles. The summed E-state index contributed by atoms with van der Waals surface area (Å²) in [5.74, 6) is 0.0505. The molecule has 1 aliphatic heterocycles. The van der Waals surface area contributed by atoms with Gasteiger partial charge in [0.15, 0.2) is 0 Å². The number of ketones is 1. The van der Waals surface area contributed by atoms with Crippen molar-refractivity contribution in [1.29, 1.82) is 0 Å². The zero-order chi connectivity index (χ0) is 24.7. The van der Waals surface area contributed by atoms with E-state index in [1.54, 1.807) is 0 Å². The van der Waals surface area contributed by atoms with Gasteiger partial charge in [-0.05, 0) is 54.6 Å². The van der Waals surface area contributed by atoms with Crippen molar-refractivity contribution in [1.82, 2.24) is 4.90 Å². The first kappa shape index (κ1) is 25.3. The van der Waals surface area contributed by atoms with Crippen LogP contribution in [0, 0.1) is 0 Å². The van der Waals surface area contributed by atoms with Crippen LogP contribution in [0.15, 0.2) is 84.9 Å². The average molecular weight is 470 g/mol. The molecule has 35 heavy (non-hydrogen) atoms. The molecule has 1 saturated heterocycles. The second-order valence-corrected chi connectivity index (χ2v) is 10.5. The smallest absolute Gasteiger partial charge is 0.144 e. The van der Waals surface area contributed by atoms with E-state index in [2.05, 4.69) is 67.3 Å². The molecule has 1 N–H and O–H groups in total. The van der Waals surface area contributed by atoms with Crippen LogP contribution in [0.3, 0.4) is 0 Å². The molecule has 1 fully saturated rings. The number of rotatable bonds is 10. The molecular weight excluding hydrogens is 430 g/mol. The lowest BCUT2D eigenvalue weighted by atomic mass is 9.83. The van der Waals surface area contributed by atoms with Gasteiger partial charge in [0, 0.05) is 17.9 Å². The van der Waals surface area contributed by atoms with E-state index in [9.17, 15) is 9.90 Å². The quantitative estimate of drug-likeness (QED) is 0.361. The van der Waals surface area contributed by atoms with Gasteiger partial charge in [-0.25, -0.2) is 0 Å². The number of carbonyl (C=O) groups excluding carboxylic acids is 1. The number of benzene rings is 3. The van der Waals surface area contributed by atoms with Crippen molar-refractivity contribution in [3.05, 3.63) is 107 Å². The van der Waals surface area contributed by atoms with Crippen LogP contribution >= 0.6 is 0 Å². The number of aliphatic hydroxyl groups excluding tert-OH is 1. The average Bonchev–Trinajstić information content (AvgIpc) is 2.91. The number of carbonyl (C=O) groups is 1. The highest BCUT2D eigenvalue weighted by molar-refractivity contribution is 5.89. The lowest BCUT2D eigenvalue weighted by Gasteiger charge is -2.35. The summed E-state index contributed by atoms with van der Waals surface area (Å²) >= 11 is 0. The first-order valence-electron chi connectivity index (χ1n) is 13.1. The van der Waals surface area contributed by atoms with Gasteiger partial charge >= 0.3 is 0 Å². The van der Waals surface area contributed by atoms with E-state index < -0.39 is 0 Å². The van der Waals surface area contributed by atoms with Crippen molar-refractivity contribution < 1.29 is 9.90 Å². The maximum Gasteiger partial charge on any atom is 0.144 e. The van der Waals surface area contributed by atoms with Crippen LogP contribution in [0.4, 0.5) is 0 Å². The van der Waals surface area contributed by atoms with Crippen molar-refractivity contribution in [3.63, 3.8) is 0 Å². The van der Waals surface area contributed by atoms with Crippen LogP contribution in [0.25, 0.3) is 0 Å². The zero-order valence-electron chi connectivity index (χ0n) is 21.2.